The maximum atomic E-state index is 12.7. The van der Waals surface area contributed by atoms with E-state index in [1.165, 1.54) is 7.11 Å². The van der Waals surface area contributed by atoms with Crippen molar-refractivity contribution in [3.63, 3.8) is 0 Å². The molecule has 0 saturated carbocycles. The van der Waals surface area contributed by atoms with Crippen LogP contribution in [-0.4, -0.2) is 24.0 Å². The lowest BCUT2D eigenvalue weighted by Gasteiger charge is -2.16. The fourth-order valence-corrected chi connectivity index (χ4v) is 2.57. The molecule has 0 spiro atoms. The summed E-state index contributed by atoms with van der Waals surface area (Å²) in [6, 6.07) is 14.5. The van der Waals surface area contributed by atoms with E-state index in [4.69, 9.17) is 14.7 Å². The number of nitriles is 1. The van der Waals surface area contributed by atoms with Gasteiger partial charge in [0, 0.05) is 28.7 Å². The summed E-state index contributed by atoms with van der Waals surface area (Å²) >= 11 is 0. The van der Waals surface area contributed by atoms with E-state index >= 15 is 0 Å². The molecular formula is C19H16N2O3. The quantitative estimate of drug-likeness (QED) is 0.727. The number of H-pyrrole nitrogens is 1. The third kappa shape index (κ3) is 2.82. The molecule has 0 amide bonds. The zero-order valence-electron chi connectivity index (χ0n) is 13.4. The standard InChI is InChI=1S/C19H16N2O3/c1-12(24-17-8-7-13(10-20)9-18(17)23-2)19(22)15-11-21-16-6-4-3-5-14(15)16/h3-9,11-12,21H,1-2H3/t12-/m1/s1. The molecule has 0 bridgehead atoms. The van der Waals surface area contributed by atoms with Crippen molar-refractivity contribution in [2.75, 3.05) is 7.11 Å². The van der Waals surface area contributed by atoms with Gasteiger partial charge in [0.15, 0.2) is 17.6 Å². The molecule has 1 atom stereocenters. The van der Waals surface area contributed by atoms with Crippen LogP contribution in [0.3, 0.4) is 0 Å². The molecule has 0 radical (unpaired) electrons. The Morgan fingerprint density at radius 1 is 1.21 bits per heavy atom. The number of ether oxygens (including phenoxy) is 2. The monoisotopic (exact) mass is 320 g/mol. The summed E-state index contributed by atoms with van der Waals surface area (Å²) in [7, 11) is 1.50. The smallest absolute Gasteiger partial charge is 0.205 e. The second-order valence-electron chi connectivity index (χ2n) is 5.35. The van der Waals surface area contributed by atoms with Crippen molar-refractivity contribution in [2.45, 2.75) is 13.0 Å². The van der Waals surface area contributed by atoms with E-state index in [1.54, 1.807) is 31.3 Å². The molecule has 0 aliphatic heterocycles. The summed E-state index contributed by atoms with van der Waals surface area (Å²) in [5.74, 6) is 0.726. The highest BCUT2D eigenvalue weighted by atomic mass is 16.5. The highest BCUT2D eigenvalue weighted by Crippen LogP contribution is 2.29. The molecule has 3 aromatic rings. The Hall–Kier alpha value is -3.26. The number of carbonyl (C=O) groups is 1. The number of ketones is 1. The van der Waals surface area contributed by atoms with Crippen molar-refractivity contribution >= 4 is 16.7 Å². The summed E-state index contributed by atoms with van der Waals surface area (Å²) in [4.78, 5) is 15.8. The Kier molecular flexibility index (Phi) is 4.21. The number of para-hydroxylation sites is 1. The molecule has 5 nitrogen and oxygen atoms in total. The van der Waals surface area contributed by atoms with Crippen molar-refractivity contribution in [3.8, 4) is 17.6 Å². The van der Waals surface area contributed by atoms with Crippen molar-refractivity contribution < 1.29 is 14.3 Å². The minimum Gasteiger partial charge on any atom is -0.493 e. The number of Topliss-reactive ketones (excluding diaryl/α,β-unsaturated/α-hetero) is 1. The summed E-state index contributed by atoms with van der Waals surface area (Å²) in [5, 5.41) is 9.81. The Morgan fingerprint density at radius 2 is 2.00 bits per heavy atom. The van der Waals surface area contributed by atoms with Crippen LogP contribution >= 0.6 is 0 Å². The Bertz CT molecular complexity index is 937. The molecule has 0 saturated heterocycles. The van der Waals surface area contributed by atoms with Crippen LogP contribution in [0.15, 0.2) is 48.7 Å². The summed E-state index contributed by atoms with van der Waals surface area (Å²) in [6.45, 7) is 1.70. The number of nitrogens with zero attached hydrogens (tertiary/aromatic N) is 1. The van der Waals surface area contributed by atoms with Crippen LogP contribution in [0.25, 0.3) is 10.9 Å². The number of aromatic amines is 1. The molecule has 0 fully saturated rings. The van der Waals surface area contributed by atoms with Crippen LogP contribution in [0.1, 0.15) is 22.8 Å². The topological polar surface area (TPSA) is 75.1 Å². The molecule has 120 valence electrons. The number of rotatable bonds is 5. The van der Waals surface area contributed by atoms with Gasteiger partial charge in [0.25, 0.3) is 0 Å². The number of hydrogen-bond donors (Lipinski definition) is 1. The van der Waals surface area contributed by atoms with Gasteiger partial charge in [0.2, 0.25) is 5.78 Å². The Balaban J connectivity index is 1.86. The van der Waals surface area contributed by atoms with Gasteiger partial charge in [0.05, 0.1) is 18.7 Å². The lowest BCUT2D eigenvalue weighted by molar-refractivity contribution is 0.0815. The van der Waals surface area contributed by atoms with E-state index in [0.29, 0.717) is 22.6 Å². The van der Waals surface area contributed by atoms with Crippen LogP contribution in [-0.2, 0) is 0 Å². The second-order valence-corrected chi connectivity index (χ2v) is 5.35. The van der Waals surface area contributed by atoms with Crippen molar-refractivity contribution in [3.05, 3.63) is 59.8 Å². The molecule has 24 heavy (non-hydrogen) atoms. The first-order chi connectivity index (χ1) is 11.6. The van der Waals surface area contributed by atoms with Crippen LogP contribution in [0.2, 0.25) is 0 Å². The molecule has 0 unspecified atom stereocenters. The molecule has 1 N–H and O–H groups in total. The maximum Gasteiger partial charge on any atom is 0.205 e. The number of nitrogens with one attached hydrogen (secondary N) is 1. The van der Waals surface area contributed by atoms with E-state index in [1.807, 2.05) is 30.3 Å². The summed E-state index contributed by atoms with van der Waals surface area (Å²) < 4.78 is 11.0. The predicted octanol–water partition coefficient (Wildman–Crippen LogP) is 3.70. The zero-order valence-corrected chi connectivity index (χ0v) is 13.4. The van der Waals surface area contributed by atoms with Gasteiger partial charge in [0.1, 0.15) is 0 Å². The minimum absolute atomic E-state index is 0.126. The van der Waals surface area contributed by atoms with Gasteiger partial charge < -0.3 is 14.5 Å². The van der Waals surface area contributed by atoms with Crippen molar-refractivity contribution in [1.82, 2.24) is 4.98 Å². The average Bonchev–Trinajstić information content (AvgIpc) is 3.05. The molecule has 1 heterocycles. The van der Waals surface area contributed by atoms with Gasteiger partial charge in [-0.2, -0.15) is 5.26 Å². The van der Waals surface area contributed by atoms with E-state index in [-0.39, 0.29) is 5.78 Å². The SMILES string of the molecule is COc1cc(C#N)ccc1O[C@H](C)C(=O)c1c[nH]c2ccccc12. The van der Waals surface area contributed by atoms with Crippen LogP contribution in [0.5, 0.6) is 11.5 Å². The lowest BCUT2D eigenvalue weighted by Crippen LogP contribution is -2.24. The minimum atomic E-state index is -0.689. The van der Waals surface area contributed by atoms with Crippen LogP contribution in [0.4, 0.5) is 0 Å². The van der Waals surface area contributed by atoms with Gasteiger partial charge in [-0.25, -0.2) is 0 Å². The van der Waals surface area contributed by atoms with Gasteiger partial charge in [-0.3, -0.25) is 4.79 Å². The lowest BCUT2D eigenvalue weighted by atomic mass is 10.1. The fraction of sp³-hybridized carbons (Fsp3) is 0.158. The molecule has 3 rings (SSSR count). The largest absolute Gasteiger partial charge is 0.493 e. The normalized spacial score (nSPS) is 11.7. The molecule has 0 aliphatic rings. The number of benzene rings is 2. The first-order valence-electron chi connectivity index (χ1n) is 7.49. The summed E-state index contributed by atoms with van der Waals surface area (Å²) in [5.41, 5.74) is 1.96. The van der Waals surface area contributed by atoms with E-state index in [2.05, 4.69) is 4.98 Å². The first-order valence-corrected chi connectivity index (χ1v) is 7.49. The number of aromatic nitrogens is 1. The third-order valence-electron chi connectivity index (χ3n) is 3.82. The van der Waals surface area contributed by atoms with Gasteiger partial charge in [-0.15, -0.1) is 0 Å². The number of carbonyl (C=O) groups excluding carboxylic acids is 1. The Labute approximate surface area is 139 Å². The van der Waals surface area contributed by atoms with E-state index in [0.717, 1.165) is 10.9 Å². The van der Waals surface area contributed by atoms with Gasteiger partial charge in [-0.05, 0) is 25.1 Å². The molecule has 5 heteroatoms. The molecule has 2 aromatic carbocycles. The molecule has 0 aliphatic carbocycles. The molecule has 1 aromatic heterocycles. The number of hydrogen-bond acceptors (Lipinski definition) is 4. The first kappa shape index (κ1) is 15.6. The van der Waals surface area contributed by atoms with Crippen molar-refractivity contribution in [1.29, 1.82) is 5.26 Å². The average molecular weight is 320 g/mol. The third-order valence-corrected chi connectivity index (χ3v) is 3.82. The Morgan fingerprint density at radius 3 is 2.75 bits per heavy atom. The van der Waals surface area contributed by atoms with Crippen molar-refractivity contribution in [2.24, 2.45) is 0 Å². The van der Waals surface area contributed by atoms with Crippen LogP contribution < -0.4 is 9.47 Å². The number of methoxy groups -OCH3 is 1. The highest BCUT2D eigenvalue weighted by Gasteiger charge is 2.21. The summed E-state index contributed by atoms with van der Waals surface area (Å²) in [6.07, 6.45) is 1.01. The van der Waals surface area contributed by atoms with E-state index in [9.17, 15) is 4.79 Å². The van der Waals surface area contributed by atoms with Gasteiger partial charge in [-0.1, -0.05) is 18.2 Å². The highest BCUT2D eigenvalue weighted by molar-refractivity contribution is 6.09. The van der Waals surface area contributed by atoms with Crippen LogP contribution in [0, 0.1) is 11.3 Å². The van der Waals surface area contributed by atoms with Gasteiger partial charge >= 0.3 is 0 Å². The fourth-order valence-electron chi connectivity index (χ4n) is 2.57. The second kappa shape index (κ2) is 6.47. The zero-order chi connectivity index (χ0) is 17.1. The number of fused-ring (bicyclic) bond motifs is 1. The predicted molar refractivity (Wildman–Crippen MR) is 90.4 cm³/mol. The maximum absolute atomic E-state index is 12.7. The molecular weight excluding hydrogens is 304 g/mol. The van der Waals surface area contributed by atoms with E-state index < -0.39 is 6.10 Å².